The van der Waals surface area contributed by atoms with Crippen LogP contribution in [-0.4, -0.2) is 20.7 Å². The van der Waals surface area contributed by atoms with E-state index in [0.717, 1.165) is 23.4 Å². The zero-order chi connectivity index (χ0) is 13.2. The number of rotatable bonds is 2. The van der Waals surface area contributed by atoms with Gasteiger partial charge in [-0.25, -0.2) is 9.67 Å². The third kappa shape index (κ3) is 2.27. The van der Waals surface area contributed by atoms with E-state index >= 15 is 0 Å². The SMILES string of the molecule is CC1=C(c2ccc(-n3cncn3)cc2)CCC(=O)N1. The summed E-state index contributed by atoms with van der Waals surface area (Å²) in [7, 11) is 0. The van der Waals surface area contributed by atoms with Crippen LogP contribution in [0.25, 0.3) is 11.3 Å². The maximum absolute atomic E-state index is 11.3. The van der Waals surface area contributed by atoms with Gasteiger partial charge in [0, 0.05) is 12.1 Å². The van der Waals surface area contributed by atoms with E-state index in [4.69, 9.17) is 0 Å². The number of aromatic nitrogens is 3. The molecule has 96 valence electrons. The molecule has 0 aliphatic carbocycles. The van der Waals surface area contributed by atoms with E-state index in [1.54, 1.807) is 11.0 Å². The largest absolute Gasteiger partial charge is 0.330 e. The summed E-state index contributed by atoms with van der Waals surface area (Å²) in [5.41, 5.74) is 4.26. The van der Waals surface area contributed by atoms with E-state index < -0.39 is 0 Å². The Kier molecular flexibility index (Phi) is 2.87. The normalized spacial score (nSPS) is 15.5. The fraction of sp³-hybridized carbons (Fsp3) is 0.214. The van der Waals surface area contributed by atoms with Gasteiger partial charge in [0.1, 0.15) is 12.7 Å². The van der Waals surface area contributed by atoms with E-state index in [0.29, 0.717) is 6.42 Å². The lowest BCUT2D eigenvalue weighted by Crippen LogP contribution is -2.26. The molecule has 19 heavy (non-hydrogen) atoms. The van der Waals surface area contributed by atoms with Gasteiger partial charge in [-0.3, -0.25) is 4.79 Å². The van der Waals surface area contributed by atoms with Gasteiger partial charge in [0.25, 0.3) is 0 Å². The molecule has 3 rings (SSSR count). The number of hydrogen-bond acceptors (Lipinski definition) is 3. The molecule has 1 aliphatic rings. The molecule has 1 aliphatic heterocycles. The van der Waals surface area contributed by atoms with Crippen LogP contribution in [0.5, 0.6) is 0 Å². The number of nitrogens with zero attached hydrogens (tertiary/aromatic N) is 3. The minimum absolute atomic E-state index is 0.0977. The van der Waals surface area contributed by atoms with Crippen LogP contribution in [0.3, 0.4) is 0 Å². The molecule has 5 nitrogen and oxygen atoms in total. The molecule has 1 aromatic carbocycles. The van der Waals surface area contributed by atoms with Gasteiger partial charge in [-0.15, -0.1) is 0 Å². The molecule has 0 spiro atoms. The van der Waals surface area contributed by atoms with Gasteiger partial charge in [0.2, 0.25) is 5.91 Å². The number of hydrogen-bond donors (Lipinski definition) is 1. The zero-order valence-electron chi connectivity index (χ0n) is 10.6. The second-order valence-electron chi connectivity index (χ2n) is 4.54. The molecule has 1 N–H and O–H groups in total. The highest BCUT2D eigenvalue weighted by molar-refractivity contribution is 5.86. The number of carbonyl (C=O) groups is 1. The van der Waals surface area contributed by atoms with Gasteiger partial charge in [-0.2, -0.15) is 5.10 Å². The van der Waals surface area contributed by atoms with E-state index in [9.17, 15) is 4.79 Å². The summed E-state index contributed by atoms with van der Waals surface area (Å²) in [6.07, 6.45) is 4.52. The first-order valence-corrected chi connectivity index (χ1v) is 6.19. The van der Waals surface area contributed by atoms with E-state index in [1.807, 2.05) is 31.2 Å². The Balaban J connectivity index is 1.91. The molecule has 0 bridgehead atoms. The van der Waals surface area contributed by atoms with Gasteiger partial charge >= 0.3 is 0 Å². The monoisotopic (exact) mass is 254 g/mol. The predicted molar refractivity (Wildman–Crippen MR) is 71.3 cm³/mol. The smallest absolute Gasteiger partial charge is 0.224 e. The summed E-state index contributed by atoms with van der Waals surface area (Å²) in [6.45, 7) is 1.94. The average molecular weight is 254 g/mol. The quantitative estimate of drug-likeness (QED) is 0.890. The maximum atomic E-state index is 11.3. The minimum atomic E-state index is 0.0977. The summed E-state index contributed by atoms with van der Waals surface area (Å²) in [5, 5.41) is 6.97. The summed E-state index contributed by atoms with van der Waals surface area (Å²) >= 11 is 0. The summed E-state index contributed by atoms with van der Waals surface area (Å²) in [4.78, 5) is 15.2. The molecule has 5 heteroatoms. The number of allylic oxidation sites excluding steroid dienone is 2. The van der Waals surface area contributed by atoms with Crippen molar-refractivity contribution in [1.29, 1.82) is 0 Å². The average Bonchev–Trinajstić information content (AvgIpc) is 2.93. The van der Waals surface area contributed by atoms with Crippen molar-refractivity contribution < 1.29 is 4.79 Å². The van der Waals surface area contributed by atoms with Crippen LogP contribution in [-0.2, 0) is 4.79 Å². The van der Waals surface area contributed by atoms with Crippen molar-refractivity contribution in [2.24, 2.45) is 0 Å². The topological polar surface area (TPSA) is 59.8 Å². The standard InChI is InChI=1S/C14H14N4O/c1-10-13(6-7-14(19)17-10)11-2-4-12(5-3-11)18-9-15-8-16-18/h2-5,8-9H,6-7H2,1H3,(H,17,19). The van der Waals surface area contributed by atoms with Gasteiger partial charge in [0.15, 0.2) is 0 Å². The lowest BCUT2D eigenvalue weighted by Gasteiger charge is -2.19. The zero-order valence-corrected chi connectivity index (χ0v) is 10.6. The molecule has 1 aromatic heterocycles. The molecular formula is C14H14N4O. The molecule has 2 aromatic rings. The van der Waals surface area contributed by atoms with Crippen molar-refractivity contribution in [2.75, 3.05) is 0 Å². The highest BCUT2D eigenvalue weighted by Crippen LogP contribution is 2.26. The molecule has 0 saturated carbocycles. The fourth-order valence-electron chi connectivity index (χ4n) is 2.29. The van der Waals surface area contributed by atoms with Crippen LogP contribution < -0.4 is 5.32 Å². The van der Waals surface area contributed by atoms with E-state index in [2.05, 4.69) is 15.4 Å². The Hall–Kier alpha value is -2.43. The fourth-order valence-corrected chi connectivity index (χ4v) is 2.29. The second-order valence-corrected chi connectivity index (χ2v) is 4.54. The lowest BCUT2D eigenvalue weighted by atomic mass is 9.96. The minimum Gasteiger partial charge on any atom is -0.330 e. The van der Waals surface area contributed by atoms with Crippen molar-refractivity contribution in [3.63, 3.8) is 0 Å². The Bertz CT molecular complexity index is 626. The number of nitrogens with one attached hydrogen (secondary N) is 1. The van der Waals surface area contributed by atoms with Crippen LogP contribution >= 0.6 is 0 Å². The van der Waals surface area contributed by atoms with Crippen molar-refractivity contribution >= 4 is 11.5 Å². The number of benzene rings is 1. The molecule has 1 amide bonds. The Morgan fingerprint density at radius 1 is 1.21 bits per heavy atom. The molecule has 0 unspecified atom stereocenters. The molecule has 0 fully saturated rings. The number of carbonyl (C=O) groups excluding carboxylic acids is 1. The Labute approximate surface area is 111 Å². The molecular weight excluding hydrogens is 240 g/mol. The van der Waals surface area contributed by atoms with Crippen molar-refractivity contribution in [1.82, 2.24) is 20.1 Å². The first-order valence-electron chi connectivity index (χ1n) is 6.19. The first-order chi connectivity index (χ1) is 9.24. The van der Waals surface area contributed by atoms with Gasteiger partial charge < -0.3 is 5.32 Å². The molecule has 0 atom stereocenters. The highest BCUT2D eigenvalue weighted by atomic mass is 16.1. The first kappa shape index (κ1) is 11.6. The van der Waals surface area contributed by atoms with Crippen LogP contribution in [0.2, 0.25) is 0 Å². The van der Waals surface area contributed by atoms with Crippen molar-refractivity contribution in [3.8, 4) is 5.69 Å². The molecule has 0 saturated heterocycles. The Morgan fingerprint density at radius 2 is 2.00 bits per heavy atom. The van der Waals surface area contributed by atoms with Gasteiger partial charge in [-0.05, 0) is 36.6 Å². The van der Waals surface area contributed by atoms with Gasteiger partial charge in [-0.1, -0.05) is 12.1 Å². The third-order valence-electron chi connectivity index (χ3n) is 3.28. The van der Waals surface area contributed by atoms with Crippen molar-refractivity contribution in [3.05, 3.63) is 48.2 Å². The highest BCUT2D eigenvalue weighted by Gasteiger charge is 2.15. The molecule has 0 radical (unpaired) electrons. The number of amides is 1. The van der Waals surface area contributed by atoms with Crippen LogP contribution in [0.1, 0.15) is 25.3 Å². The molecule has 2 heterocycles. The predicted octanol–water partition coefficient (Wildman–Crippen LogP) is 1.91. The van der Waals surface area contributed by atoms with E-state index in [-0.39, 0.29) is 5.91 Å². The van der Waals surface area contributed by atoms with Crippen molar-refractivity contribution in [2.45, 2.75) is 19.8 Å². The van der Waals surface area contributed by atoms with E-state index in [1.165, 1.54) is 11.9 Å². The third-order valence-corrected chi connectivity index (χ3v) is 3.28. The Morgan fingerprint density at radius 3 is 2.63 bits per heavy atom. The second kappa shape index (κ2) is 4.68. The summed E-state index contributed by atoms with van der Waals surface area (Å²) in [6, 6.07) is 8.10. The maximum Gasteiger partial charge on any atom is 0.224 e. The van der Waals surface area contributed by atoms with Crippen LogP contribution in [0, 0.1) is 0 Å². The van der Waals surface area contributed by atoms with Crippen LogP contribution in [0.4, 0.5) is 0 Å². The summed E-state index contributed by atoms with van der Waals surface area (Å²) < 4.78 is 1.72. The van der Waals surface area contributed by atoms with Gasteiger partial charge in [0.05, 0.1) is 5.69 Å². The van der Waals surface area contributed by atoms with Crippen LogP contribution in [0.15, 0.2) is 42.6 Å². The summed E-state index contributed by atoms with van der Waals surface area (Å²) in [5.74, 6) is 0.0977. The lowest BCUT2D eigenvalue weighted by molar-refractivity contribution is -0.120.